The molecule has 0 aliphatic rings. The smallest absolute Gasteiger partial charge is 0.313 e. The fourth-order valence-corrected chi connectivity index (χ4v) is 2.61. The molecule has 29 heavy (non-hydrogen) atoms. The molecule has 2 aromatic carbocycles. The van der Waals surface area contributed by atoms with Crippen LogP contribution in [0.1, 0.15) is 17.2 Å². The summed E-state index contributed by atoms with van der Waals surface area (Å²) in [6, 6.07) is 12.5. The molecule has 156 valence electrons. The van der Waals surface area contributed by atoms with Crippen molar-refractivity contribution in [3.8, 4) is 11.5 Å². The molecule has 0 bridgehead atoms. The van der Waals surface area contributed by atoms with E-state index in [9.17, 15) is 9.59 Å². The number of hydrogen-bond donors (Lipinski definition) is 3. The number of hydrogen-bond acceptors (Lipinski definition) is 6. The summed E-state index contributed by atoms with van der Waals surface area (Å²) in [4.78, 5) is 24.6. The molecule has 0 heterocycles. The van der Waals surface area contributed by atoms with E-state index in [0.717, 1.165) is 11.1 Å². The zero-order valence-corrected chi connectivity index (χ0v) is 16.7. The molecule has 2 rings (SSSR count). The molecular weight excluding hydrogens is 376 g/mol. The molecule has 0 aromatic heterocycles. The van der Waals surface area contributed by atoms with Gasteiger partial charge in [0.05, 0.1) is 39.2 Å². The number of aliphatic hydroxyl groups is 1. The third-order valence-corrected chi connectivity index (χ3v) is 4.17. The van der Waals surface area contributed by atoms with Crippen LogP contribution in [0, 0.1) is 6.92 Å². The molecule has 1 unspecified atom stereocenters. The van der Waals surface area contributed by atoms with Gasteiger partial charge in [0.15, 0.2) is 0 Å². The van der Waals surface area contributed by atoms with Crippen LogP contribution in [0.4, 0.5) is 5.69 Å². The number of ether oxygens (including phenoxy) is 3. The van der Waals surface area contributed by atoms with E-state index in [1.165, 1.54) is 14.2 Å². The fraction of sp³-hybridized carbons (Fsp3) is 0.333. The Balaban J connectivity index is 2.02. The Morgan fingerprint density at radius 2 is 1.76 bits per heavy atom. The summed E-state index contributed by atoms with van der Waals surface area (Å²) in [5.41, 5.74) is 2.24. The minimum absolute atomic E-state index is 0.0740. The van der Waals surface area contributed by atoms with E-state index in [1.807, 2.05) is 31.2 Å². The molecule has 0 saturated heterocycles. The van der Waals surface area contributed by atoms with Gasteiger partial charge in [-0.3, -0.25) is 9.59 Å². The Morgan fingerprint density at radius 3 is 2.38 bits per heavy atom. The second-order valence-electron chi connectivity index (χ2n) is 6.22. The van der Waals surface area contributed by atoms with Crippen LogP contribution >= 0.6 is 0 Å². The standard InChI is InChI=1S/C21H26N2O6/c1-14-4-6-15(7-5-14)19(29-11-10-24)13-22-20(25)21(26)23-17-12-16(27-2)8-9-18(17)28-3/h4-9,12,19,24H,10-11,13H2,1-3H3,(H,22,25)(H,23,26). The predicted molar refractivity (Wildman–Crippen MR) is 108 cm³/mol. The highest BCUT2D eigenvalue weighted by Crippen LogP contribution is 2.28. The molecule has 1 atom stereocenters. The van der Waals surface area contributed by atoms with Crippen molar-refractivity contribution < 1.29 is 28.9 Å². The van der Waals surface area contributed by atoms with E-state index < -0.39 is 17.9 Å². The molecule has 2 amide bonds. The van der Waals surface area contributed by atoms with Crippen molar-refractivity contribution >= 4 is 17.5 Å². The predicted octanol–water partition coefficient (Wildman–Crippen LogP) is 1.82. The third-order valence-electron chi connectivity index (χ3n) is 4.17. The highest BCUT2D eigenvalue weighted by Gasteiger charge is 2.19. The van der Waals surface area contributed by atoms with Gasteiger partial charge in [0.1, 0.15) is 11.5 Å². The monoisotopic (exact) mass is 402 g/mol. The quantitative estimate of drug-likeness (QED) is 0.553. The van der Waals surface area contributed by atoms with Crippen LogP contribution in [-0.4, -0.2) is 50.9 Å². The molecule has 0 fully saturated rings. The van der Waals surface area contributed by atoms with Crippen LogP contribution in [0.5, 0.6) is 11.5 Å². The first-order valence-electron chi connectivity index (χ1n) is 9.08. The van der Waals surface area contributed by atoms with Crippen molar-refractivity contribution in [1.82, 2.24) is 5.32 Å². The Labute approximate surface area is 169 Å². The molecule has 8 heteroatoms. The Bertz CT molecular complexity index is 822. The lowest BCUT2D eigenvalue weighted by atomic mass is 10.1. The number of carbonyl (C=O) groups excluding carboxylic acids is 2. The second-order valence-corrected chi connectivity index (χ2v) is 6.22. The number of methoxy groups -OCH3 is 2. The molecule has 8 nitrogen and oxygen atoms in total. The van der Waals surface area contributed by atoms with Gasteiger partial charge in [-0.05, 0) is 24.6 Å². The summed E-state index contributed by atoms with van der Waals surface area (Å²) in [6.07, 6.45) is -0.495. The minimum Gasteiger partial charge on any atom is -0.497 e. The third kappa shape index (κ3) is 6.48. The number of rotatable bonds is 9. The normalized spacial score (nSPS) is 11.4. The topological polar surface area (TPSA) is 106 Å². The van der Waals surface area contributed by atoms with Crippen LogP contribution in [-0.2, 0) is 14.3 Å². The second kappa shape index (κ2) is 11.0. The molecular formula is C21H26N2O6. The molecule has 0 saturated carbocycles. The van der Waals surface area contributed by atoms with Crippen molar-refractivity contribution in [3.63, 3.8) is 0 Å². The lowest BCUT2D eigenvalue weighted by molar-refractivity contribution is -0.136. The molecule has 3 N–H and O–H groups in total. The zero-order valence-electron chi connectivity index (χ0n) is 16.7. The number of anilines is 1. The van der Waals surface area contributed by atoms with Crippen LogP contribution in [0.15, 0.2) is 42.5 Å². The maximum atomic E-state index is 12.3. The number of nitrogens with one attached hydrogen (secondary N) is 2. The largest absolute Gasteiger partial charge is 0.497 e. The molecule has 0 aliphatic heterocycles. The van der Waals surface area contributed by atoms with E-state index in [2.05, 4.69) is 10.6 Å². The van der Waals surface area contributed by atoms with Crippen molar-refractivity contribution in [1.29, 1.82) is 0 Å². The van der Waals surface area contributed by atoms with E-state index in [1.54, 1.807) is 18.2 Å². The summed E-state index contributed by atoms with van der Waals surface area (Å²) >= 11 is 0. The maximum absolute atomic E-state index is 12.3. The molecule has 0 spiro atoms. The first-order chi connectivity index (χ1) is 14.0. The molecule has 0 radical (unpaired) electrons. The SMILES string of the molecule is COc1ccc(OC)c(NC(=O)C(=O)NCC(OCCO)c2ccc(C)cc2)c1. The lowest BCUT2D eigenvalue weighted by Crippen LogP contribution is -2.38. The Morgan fingerprint density at radius 1 is 1.03 bits per heavy atom. The van der Waals surface area contributed by atoms with Gasteiger partial charge in [0, 0.05) is 12.6 Å². The highest BCUT2D eigenvalue weighted by molar-refractivity contribution is 6.39. The Hall–Kier alpha value is -3.10. The van der Waals surface area contributed by atoms with Gasteiger partial charge in [-0.25, -0.2) is 0 Å². The number of amides is 2. The van der Waals surface area contributed by atoms with Gasteiger partial charge in [-0.15, -0.1) is 0 Å². The van der Waals surface area contributed by atoms with Crippen molar-refractivity contribution in [3.05, 3.63) is 53.6 Å². The number of aryl methyl sites for hydroxylation is 1. The van der Waals surface area contributed by atoms with Gasteiger partial charge in [0.2, 0.25) is 0 Å². The highest BCUT2D eigenvalue weighted by atomic mass is 16.5. The average molecular weight is 402 g/mol. The first-order valence-corrected chi connectivity index (χ1v) is 9.08. The minimum atomic E-state index is -0.846. The van der Waals surface area contributed by atoms with Crippen molar-refractivity contribution in [2.75, 3.05) is 39.3 Å². The summed E-state index contributed by atoms with van der Waals surface area (Å²) in [5, 5.41) is 14.1. The summed E-state index contributed by atoms with van der Waals surface area (Å²) in [6.45, 7) is 2.00. The lowest BCUT2D eigenvalue weighted by Gasteiger charge is -2.19. The number of aliphatic hydroxyl groups excluding tert-OH is 1. The van der Waals surface area contributed by atoms with Gasteiger partial charge in [0.25, 0.3) is 0 Å². The van der Waals surface area contributed by atoms with Gasteiger partial charge in [-0.2, -0.15) is 0 Å². The van der Waals surface area contributed by atoms with Crippen LogP contribution < -0.4 is 20.1 Å². The number of benzene rings is 2. The molecule has 0 aliphatic carbocycles. The van der Waals surface area contributed by atoms with Gasteiger partial charge < -0.3 is 30.0 Å². The zero-order chi connectivity index (χ0) is 21.2. The number of carbonyl (C=O) groups is 2. The van der Waals surface area contributed by atoms with Gasteiger partial charge >= 0.3 is 11.8 Å². The van der Waals surface area contributed by atoms with Crippen LogP contribution in [0.25, 0.3) is 0 Å². The molecule has 2 aromatic rings. The average Bonchev–Trinajstić information content (AvgIpc) is 2.74. The maximum Gasteiger partial charge on any atom is 0.313 e. The van der Waals surface area contributed by atoms with E-state index in [4.69, 9.17) is 19.3 Å². The summed E-state index contributed by atoms with van der Waals surface area (Å²) in [7, 11) is 2.96. The van der Waals surface area contributed by atoms with Crippen LogP contribution in [0.3, 0.4) is 0 Å². The Kier molecular flexibility index (Phi) is 8.45. The van der Waals surface area contributed by atoms with E-state index in [-0.39, 0.29) is 19.8 Å². The van der Waals surface area contributed by atoms with E-state index in [0.29, 0.717) is 17.2 Å². The van der Waals surface area contributed by atoms with Crippen molar-refractivity contribution in [2.45, 2.75) is 13.0 Å². The van der Waals surface area contributed by atoms with E-state index >= 15 is 0 Å². The van der Waals surface area contributed by atoms with Crippen molar-refractivity contribution in [2.24, 2.45) is 0 Å². The summed E-state index contributed by atoms with van der Waals surface area (Å²) < 4.78 is 15.9. The summed E-state index contributed by atoms with van der Waals surface area (Å²) in [5.74, 6) is -0.755. The first kappa shape index (κ1) is 22.2. The van der Waals surface area contributed by atoms with Gasteiger partial charge in [-0.1, -0.05) is 29.8 Å². The van der Waals surface area contributed by atoms with Crippen LogP contribution in [0.2, 0.25) is 0 Å². The fourth-order valence-electron chi connectivity index (χ4n) is 2.61.